The molecular formula is C19H21N5O2. The quantitative estimate of drug-likeness (QED) is 0.765. The smallest absolute Gasteiger partial charge is 0.274 e. The fraction of sp³-hybridized carbons (Fsp3) is 0.368. The number of fused-ring (bicyclic) bond motifs is 1. The van der Waals surface area contributed by atoms with Gasteiger partial charge in [-0.1, -0.05) is 18.2 Å². The predicted molar refractivity (Wildman–Crippen MR) is 98.2 cm³/mol. The van der Waals surface area contributed by atoms with Gasteiger partial charge in [-0.15, -0.1) is 0 Å². The van der Waals surface area contributed by atoms with Crippen LogP contribution in [-0.4, -0.2) is 43.6 Å². The van der Waals surface area contributed by atoms with E-state index >= 15 is 0 Å². The summed E-state index contributed by atoms with van der Waals surface area (Å²) in [6, 6.07) is 7.08. The van der Waals surface area contributed by atoms with Crippen LogP contribution in [0.15, 0.2) is 35.3 Å². The second kappa shape index (κ2) is 6.40. The summed E-state index contributed by atoms with van der Waals surface area (Å²) in [7, 11) is 1.99. The zero-order chi connectivity index (χ0) is 18.3. The average Bonchev–Trinajstić information content (AvgIpc) is 3.00. The molecule has 4 rings (SSSR count). The second-order valence-corrected chi connectivity index (χ2v) is 6.89. The number of aromatic nitrogens is 4. The summed E-state index contributed by atoms with van der Waals surface area (Å²) in [6.45, 7) is 3.28. The zero-order valence-electron chi connectivity index (χ0n) is 14.9. The molecule has 0 aliphatic carbocycles. The number of nitrogens with zero attached hydrogens (tertiary/aromatic N) is 4. The Hall–Kier alpha value is -2.96. The highest BCUT2D eigenvalue weighted by molar-refractivity contribution is 6.04. The van der Waals surface area contributed by atoms with Gasteiger partial charge in [0.15, 0.2) is 5.69 Å². The number of carbonyl (C=O) groups is 1. The van der Waals surface area contributed by atoms with Crippen molar-refractivity contribution in [3.05, 3.63) is 58.0 Å². The maximum Gasteiger partial charge on any atom is 0.274 e. The van der Waals surface area contributed by atoms with Crippen molar-refractivity contribution >= 4 is 16.7 Å². The summed E-state index contributed by atoms with van der Waals surface area (Å²) in [6.07, 6.45) is 3.94. The molecule has 3 heterocycles. The molecule has 0 bridgehead atoms. The Labute approximate surface area is 150 Å². The van der Waals surface area contributed by atoms with Crippen LogP contribution < -0.4 is 5.56 Å². The number of imidazole rings is 1. The molecule has 1 amide bonds. The van der Waals surface area contributed by atoms with Crippen molar-refractivity contribution in [2.45, 2.75) is 25.7 Å². The van der Waals surface area contributed by atoms with Gasteiger partial charge in [-0.05, 0) is 25.8 Å². The molecule has 1 aromatic carbocycles. The first kappa shape index (κ1) is 16.5. The molecule has 1 aliphatic heterocycles. The first-order valence-electron chi connectivity index (χ1n) is 8.81. The molecule has 1 atom stereocenters. The van der Waals surface area contributed by atoms with Crippen molar-refractivity contribution < 1.29 is 4.79 Å². The van der Waals surface area contributed by atoms with E-state index in [0.717, 1.165) is 24.4 Å². The minimum Gasteiger partial charge on any atom is -0.337 e. The highest BCUT2D eigenvalue weighted by Gasteiger charge is 2.29. The lowest BCUT2D eigenvalue weighted by molar-refractivity contribution is 0.0698. The normalized spacial score (nSPS) is 17.6. The monoisotopic (exact) mass is 351 g/mol. The molecule has 134 valence electrons. The second-order valence-electron chi connectivity index (χ2n) is 6.89. The number of piperidine rings is 1. The molecule has 1 fully saturated rings. The zero-order valence-corrected chi connectivity index (χ0v) is 14.9. The number of likely N-dealkylation sites (tertiary alicyclic amines) is 1. The van der Waals surface area contributed by atoms with E-state index in [-0.39, 0.29) is 17.4 Å². The van der Waals surface area contributed by atoms with E-state index in [1.54, 1.807) is 18.2 Å². The molecule has 3 aromatic rings. The summed E-state index contributed by atoms with van der Waals surface area (Å²) in [5.41, 5.74) is 1.01. The summed E-state index contributed by atoms with van der Waals surface area (Å²) in [5.74, 6) is 1.08. The van der Waals surface area contributed by atoms with Gasteiger partial charge < -0.3 is 9.47 Å². The van der Waals surface area contributed by atoms with E-state index in [1.165, 1.54) is 0 Å². The summed E-state index contributed by atoms with van der Waals surface area (Å²) in [5, 5.41) is 7.58. The van der Waals surface area contributed by atoms with Crippen molar-refractivity contribution in [3.8, 4) is 0 Å². The van der Waals surface area contributed by atoms with Crippen molar-refractivity contribution in [1.82, 2.24) is 24.6 Å². The molecule has 7 nitrogen and oxygen atoms in total. The van der Waals surface area contributed by atoms with Crippen LogP contribution in [0.5, 0.6) is 0 Å². The Balaban J connectivity index is 1.66. The van der Waals surface area contributed by atoms with Gasteiger partial charge in [-0.2, -0.15) is 5.10 Å². The van der Waals surface area contributed by atoms with E-state index in [4.69, 9.17) is 0 Å². The fourth-order valence-corrected chi connectivity index (χ4v) is 3.81. The van der Waals surface area contributed by atoms with Gasteiger partial charge in [0.25, 0.3) is 11.5 Å². The lowest BCUT2D eigenvalue weighted by atomic mass is 9.96. The number of aromatic amines is 1. The van der Waals surface area contributed by atoms with Crippen molar-refractivity contribution in [2.24, 2.45) is 7.05 Å². The van der Waals surface area contributed by atoms with Gasteiger partial charge in [0.2, 0.25) is 0 Å². The molecule has 1 aliphatic rings. The van der Waals surface area contributed by atoms with Crippen LogP contribution in [0.1, 0.15) is 40.8 Å². The molecule has 1 N–H and O–H groups in total. The van der Waals surface area contributed by atoms with Crippen LogP contribution in [0.25, 0.3) is 10.8 Å². The molecular weight excluding hydrogens is 330 g/mol. The van der Waals surface area contributed by atoms with Crippen LogP contribution >= 0.6 is 0 Å². The number of H-pyrrole nitrogens is 1. The first-order valence-corrected chi connectivity index (χ1v) is 8.81. The number of hydrogen-bond acceptors (Lipinski definition) is 4. The maximum atomic E-state index is 13.1. The Bertz CT molecular complexity index is 1040. The Morgan fingerprint density at radius 1 is 1.27 bits per heavy atom. The molecule has 2 aromatic heterocycles. The SMILES string of the molecule is Cc1cn(C)c([C@H]2CCCN(C(=O)c3n[nH]c(=O)c4ccccc34)C2)n1. The topological polar surface area (TPSA) is 83.9 Å². The highest BCUT2D eigenvalue weighted by atomic mass is 16.2. The van der Waals surface area contributed by atoms with Gasteiger partial charge in [-0.25, -0.2) is 10.1 Å². The largest absolute Gasteiger partial charge is 0.337 e. The lowest BCUT2D eigenvalue weighted by Crippen LogP contribution is -2.40. The van der Waals surface area contributed by atoms with E-state index in [2.05, 4.69) is 15.2 Å². The Morgan fingerprint density at radius 3 is 2.77 bits per heavy atom. The van der Waals surface area contributed by atoms with Crippen LogP contribution in [0.4, 0.5) is 0 Å². The standard InChI is InChI=1S/C19H21N5O2/c1-12-10-23(2)17(20-12)13-6-5-9-24(11-13)19(26)16-14-7-3-4-8-15(14)18(25)22-21-16/h3-4,7-8,10,13H,5-6,9,11H2,1-2H3,(H,22,25)/t13-/m0/s1. The van der Waals surface area contributed by atoms with Crippen molar-refractivity contribution in [2.75, 3.05) is 13.1 Å². The number of rotatable bonds is 2. The number of nitrogens with one attached hydrogen (secondary N) is 1. The van der Waals surface area contributed by atoms with Gasteiger partial charge in [0.05, 0.1) is 11.1 Å². The van der Waals surface area contributed by atoms with Crippen LogP contribution in [0, 0.1) is 6.92 Å². The minimum absolute atomic E-state index is 0.145. The summed E-state index contributed by atoms with van der Waals surface area (Å²) in [4.78, 5) is 31.5. The summed E-state index contributed by atoms with van der Waals surface area (Å²) >= 11 is 0. The van der Waals surface area contributed by atoms with E-state index < -0.39 is 0 Å². The molecule has 0 spiro atoms. The van der Waals surface area contributed by atoms with Crippen LogP contribution in [0.3, 0.4) is 0 Å². The third kappa shape index (κ3) is 2.79. The van der Waals surface area contributed by atoms with E-state index in [0.29, 0.717) is 29.6 Å². The Morgan fingerprint density at radius 2 is 2.04 bits per heavy atom. The lowest BCUT2D eigenvalue weighted by Gasteiger charge is -2.32. The molecule has 7 heteroatoms. The van der Waals surface area contributed by atoms with Gasteiger partial charge in [0.1, 0.15) is 5.82 Å². The Kier molecular flexibility index (Phi) is 4.06. The predicted octanol–water partition coefficient (Wildman–Crippen LogP) is 1.98. The summed E-state index contributed by atoms with van der Waals surface area (Å²) < 4.78 is 2.04. The third-order valence-corrected chi connectivity index (χ3v) is 5.01. The third-order valence-electron chi connectivity index (χ3n) is 5.01. The molecule has 26 heavy (non-hydrogen) atoms. The minimum atomic E-state index is -0.280. The number of amides is 1. The average molecular weight is 351 g/mol. The van der Waals surface area contributed by atoms with Crippen molar-refractivity contribution in [1.29, 1.82) is 0 Å². The first-order chi connectivity index (χ1) is 12.5. The highest BCUT2D eigenvalue weighted by Crippen LogP contribution is 2.27. The van der Waals surface area contributed by atoms with E-state index in [1.807, 2.05) is 35.7 Å². The number of hydrogen-bond donors (Lipinski definition) is 1. The van der Waals surface area contributed by atoms with Crippen LogP contribution in [0.2, 0.25) is 0 Å². The fourth-order valence-electron chi connectivity index (χ4n) is 3.81. The maximum absolute atomic E-state index is 13.1. The van der Waals surface area contributed by atoms with Gasteiger partial charge in [-0.3, -0.25) is 9.59 Å². The molecule has 0 saturated carbocycles. The number of carbonyl (C=O) groups excluding carboxylic acids is 1. The van der Waals surface area contributed by atoms with Gasteiger partial charge in [0, 0.05) is 37.6 Å². The van der Waals surface area contributed by atoms with Crippen molar-refractivity contribution in [3.63, 3.8) is 0 Å². The molecule has 1 saturated heterocycles. The number of aryl methyl sites for hydroxylation is 2. The number of benzene rings is 1. The van der Waals surface area contributed by atoms with Crippen LogP contribution in [-0.2, 0) is 7.05 Å². The van der Waals surface area contributed by atoms with E-state index in [9.17, 15) is 9.59 Å². The molecule has 0 unspecified atom stereocenters. The van der Waals surface area contributed by atoms with Gasteiger partial charge >= 0.3 is 0 Å². The molecule has 0 radical (unpaired) electrons.